The van der Waals surface area contributed by atoms with Gasteiger partial charge in [0.2, 0.25) is 5.95 Å². The number of nitrogens with one attached hydrogen (secondary N) is 2. The molecule has 0 saturated heterocycles. The predicted molar refractivity (Wildman–Crippen MR) is 110 cm³/mol. The van der Waals surface area contributed by atoms with Gasteiger partial charge in [-0.1, -0.05) is 42.6 Å². The third kappa shape index (κ3) is 3.33. The van der Waals surface area contributed by atoms with Crippen molar-refractivity contribution in [3.63, 3.8) is 0 Å². The zero-order valence-corrected chi connectivity index (χ0v) is 16.4. The monoisotopic (exact) mass is 402 g/mol. The van der Waals surface area contributed by atoms with E-state index >= 15 is 0 Å². The number of aryl methyl sites for hydroxylation is 1. The summed E-state index contributed by atoms with van der Waals surface area (Å²) in [5, 5.41) is 3.81. The lowest BCUT2D eigenvalue weighted by Gasteiger charge is -2.28. The van der Waals surface area contributed by atoms with E-state index in [0.29, 0.717) is 22.2 Å². The number of benzene rings is 1. The molecule has 4 N–H and O–H groups in total. The molecule has 1 aliphatic rings. The zero-order chi connectivity index (χ0) is 19.8. The van der Waals surface area contributed by atoms with E-state index in [9.17, 15) is 9.59 Å². The van der Waals surface area contributed by atoms with Crippen molar-refractivity contribution in [1.82, 2.24) is 19.1 Å². The molecule has 0 bridgehead atoms. The molecule has 2 aromatic heterocycles. The van der Waals surface area contributed by atoms with Gasteiger partial charge < -0.3 is 16.0 Å². The average Bonchev–Trinajstić information content (AvgIpc) is 3.11. The number of nitrogens with two attached hydrogens (primary N) is 1. The molecule has 1 aliphatic carbocycles. The number of aromatic amines is 1. The fourth-order valence-electron chi connectivity index (χ4n) is 3.77. The molecule has 2 unspecified atom stereocenters. The van der Waals surface area contributed by atoms with E-state index in [0.717, 1.165) is 30.3 Å². The normalized spacial score (nSPS) is 19.8. The Balaban J connectivity index is 1.74. The number of H-pyrrole nitrogens is 1. The molecule has 2 atom stereocenters. The molecule has 4 rings (SSSR count). The molecule has 2 heterocycles. The summed E-state index contributed by atoms with van der Waals surface area (Å²) in [6.45, 7) is 0.0937. The Kier molecular flexibility index (Phi) is 4.99. The molecule has 1 saturated carbocycles. The van der Waals surface area contributed by atoms with E-state index in [1.807, 2.05) is 6.07 Å². The second-order valence-electron chi connectivity index (χ2n) is 7.31. The van der Waals surface area contributed by atoms with Crippen LogP contribution in [0.2, 0.25) is 5.02 Å². The molecular weight excluding hydrogens is 380 g/mol. The van der Waals surface area contributed by atoms with Gasteiger partial charge in [-0.2, -0.15) is 4.98 Å². The van der Waals surface area contributed by atoms with Crippen LogP contribution in [0.3, 0.4) is 0 Å². The molecule has 0 aliphatic heterocycles. The van der Waals surface area contributed by atoms with Gasteiger partial charge in [0, 0.05) is 24.2 Å². The molecular formula is C19H23ClN6O2. The highest BCUT2D eigenvalue weighted by atomic mass is 35.5. The van der Waals surface area contributed by atoms with Crippen molar-refractivity contribution in [1.29, 1.82) is 0 Å². The number of aromatic nitrogens is 4. The molecule has 148 valence electrons. The first-order valence-corrected chi connectivity index (χ1v) is 9.78. The van der Waals surface area contributed by atoms with Gasteiger partial charge in [-0.25, -0.2) is 4.79 Å². The second kappa shape index (κ2) is 7.44. The summed E-state index contributed by atoms with van der Waals surface area (Å²) >= 11 is 6.20. The molecule has 8 nitrogen and oxygen atoms in total. The fraction of sp³-hybridized carbons (Fsp3) is 0.421. The third-order valence-corrected chi connectivity index (χ3v) is 5.78. The van der Waals surface area contributed by atoms with Crippen LogP contribution in [-0.4, -0.2) is 31.2 Å². The number of imidazole rings is 1. The minimum atomic E-state index is -0.440. The summed E-state index contributed by atoms with van der Waals surface area (Å²) in [5.41, 5.74) is 6.63. The number of hydrogen-bond acceptors (Lipinski definition) is 5. The Morgan fingerprint density at radius 2 is 2.04 bits per heavy atom. The second-order valence-corrected chi connectivity index (χ2v) is 7.71. The number of halogens is 1. The topological polar surface area (TPSA) is 111 Å². The predicted octanol–water partition coefficient (Wildman–Crippen LogP) is 1.81. The minimum Gasteiger partial charge on any atom is -0.351 e. The van der Waals surface area contributed by atoms with Crippen LogP contribution in [0.5, 0.6) is 0 Å². The fourth-order valence-corrected chi connectivity index (χ4v) is 3.96. The van der Waals surface area contributed by atoms with E-state index in [1.54, 1.807) is 25.2 Å². The van der Waals surface area contributed by atoms with Gasteiger partial charge in [0.25, 0.3) is 5.56 Å². The maximum absolute atomic E-state index is 13.0. The lowest BCUT2D eigenvalue weighted by Crippen LogP contribution is -2.42. The number of rotatable bonds is 4. The van der Waals surface area contributed by atoms with Gasteiger partial charge in [-0.15, -0.1) is 0 Å². The van der Waals surface area contributed by atoms with Gasteiger partial charge in [0.1, 0.15) is 0 Å². The van der Waals surface area contributed by atoms with Crippen LogP contribution in [0, 0.1) is 0 Å². The third-order valence-electron chi connectivity index (χ3n) is 5.41. The van der Waals surface area contributed by atoms with Crippen LogP contribution < -0.4 is 22.3 Å². The maximum atomic E-state index is 13.0. The molecule has 28 heavy (non-hydrogen) atoms. The van der Waals surface area contributed by atoms with E-state index in [4.69, 9.17) is 17.3 Å². The zero-order valence-electron chi connectivity index (χ0n) is 15.6. The first-order chi connectivity index (χ1) is 13.5. The van der Waals surface area contributed by atoms with Crippen molar-refractivity contribution in [2.24, 2.45) is 12.8 Å². The summed E-state index contributed by atoms with van der Waals surface area (Å²) < 4.78 is 2.54. The summed E-state index contributed by atoms with van der Waals surface area (Å²) in [6.07, 6.45) is 4.14. The lowest BCUT2D eigenvalue weighted by atomic mass is 9.91. The lowest BCUT2D eigenvalue weighted by molar-refractivity contribution is 0.403. The summed E-state index contributed by atoms with van der Waals surface area (Å²) in [6, 6.07) is 7.29. The van der Waals surface area contributed by atoms with Crippen molar-refractivity contribution < 1.29 is 0 Å². The van der Waals surface area contributed by atoms with Crippen molar-refractivity contribution in [3.05, 3.63) is 55.7 Å². The maximum Gasteiger partial charge on any atom is 0.332 e. The highest BCUT2D eigenvalue weighted by Gasteiger charge is 2.23. The van der Waals surface area contributed by atoms with E-state index < -0.39 is 11.2 Å². The van der Waals surface area contributed by atoms with Crippen molar-refractivity contribution >= 4 is 28.7 Å². The first-order valence-electron chi connectivity index (χ1n) is 9.41. The van der Waals surface area contributed by atoms with Crippen LogP contribution in [-0.2, 0) is 13.6 Å². The number of nitrogens with zero attached hydrogens (tertiary/aromatic N) is 3. The van der Waals surface area contributed by atoms with Crippen molar-refractivity contribution in [2.75, 3.05) is 5.32 Å². The van der Waals surface area contributed by atoms with E-state index in [1.165, 1.54) is 4.57 Å². The highest BCUT2D eigenvalue weighted by molar-refractivity contribution is 6.31. The van der Waals surface area contributed by atoms with Crippen LogP contribution in [0.1, 0.15) is 31.2 Å². The number of fused-ring (bicyclic) bond motifs is 1. The number of anilines is 1. The summed E-state index contributed by atoms with van der Waals surface area (Å²) in [5.74, 6) is 0.458. The van der Waals surface area contributed by atoms with Gasteiger partial charge in [-0.3, -0.25) is 13.9 Å². The molecule has 1 fully saturated rings. The minimum absolute atomic E-state index is 0.0441. The number of hydrogen-bond donors (Lipinski definition) is 3. The molecule has 3 aromatic rings. The molecule has 0 radical (unpaired) electrons. The van der Waals surface area contributed by atoms with E-state index in [2.05, 4.69) is 15.3 Å². The molecule has 0 spiro atoms. The largest absolute Gasteiger partial charge is 0.351 e. The van der Waals surface area contributed by atoms with Crippen LogP contribution >= 0.6 is 11.6 Å². The Bertz CT molecular complexity index is 1130. The molecule has 0 amide bonds. The van der Waals surface area contributed by atoms with Gasteiger partial charge in [-0.05, 0) is 24.5 Å². The standard InChI is InChI=1S/C19H23ClN6O2/c1-25-16-15(23-18(24-16)22-14-9-5-4-8-13(14)21)17(27)26(19(25)28)10-11-6-2-3-7-12(11)20/h2-3,6-7,13-14H,4-5,8-10,21H2,1H3,(H2,22,23,24). The highest BCUT2D eigenvalue weighted by Crippen LogP contribution is 2.21. The summed E-state index contributed by atoms with van der Waals surface area (Å²) in [7, 11) is 1.60. The quantitative estimate of drug-likeness (QED) is 0.616. The Morgan fingerprint density at radius 1 is 1.29 bits per heavy atom. The first kappa shape index (κ1) is 18.8. The van der Waals surface area contributed by atoms with Gasteiger partial charge in [0.15, 0.2) is 11.2 Å². The van der Waals surface area contributed by atoms with Crippen LogP contribution in [0.25, 0.3) is 11.2 Å². The van der Waals surface area contributed by atoms with Crippen LogP contribution in [0.15, 0.2) is 33.9 Å². The Labute approximate surface area is 166 Å². The Morgan fingerprint density at radius 3 is 2.79 bits per heavy atom. The smallest absolute Gasteiger partial charge is 0.332 e. The average molecular weight is 403 g/mol. The Hall–Kier alpha value is -2.58. The molecule has 9 heteroatoms. The van der Waals surface area contributed by atoms with E-state index in [-0.39, 0.29) is 24.1 Å². The summed E-state index contributed by atoms with van der Waals surface area (Å²) in [4.78, 5) is 33.2. The van der Waals surface area contributed by atoms with Gasteiger partial charge >= 0.3 is 5.69 Å². The van der Waals surface area contributed by atoms with Crippen LogP contribution in [0.4, 0.5) is 5.95 Å². The van der Waals surface area contributed by atoms with Gasteiger partial charge in [0.05, 0.1) is 6.54 Å². The SMILES string of the molecule is Cn1c(=O)n(Cc2ccccc2Cl)c(=O)c2[nH]c(NC3CCCCC3N)nc21. The molecule has 1 aromatic carbocycles. The van der Waals surface area contributed by atoms with Crippen molar-refractivity contribution in [2.45, 2.75) is 44.3 Å². The van der Waals surface area contributed by atoms with Crippen molar-refractivity contribution in [3.8, 4) is 0 Å².